The van der Waals surface area contributed by atoms with Crippen LogP contribution in [0.15, 0.2) is 58.8 Å². The van der Waals surface area contributed by atoms with Crippen LogP contribution in [-0.2, 0) is 13.0 Å². The molecular formula is C20H17I2N5OS. The molecule has 148 valence electrons. The number of hydrogen-bond donors (Lipinski definition) is 2. The van der Waals surface area contributed by atoms with E-state index >= 15 is 0 Å². The van der Waals surface area contributed by atoms with Crippen molar-refractivity contribution in [2.45, 2.75) is 23.0 Å². The molecule has 0 radical (unpaired) electrons. The van der Waals surface area contributed by atoms with Gasteiger partial charge < -0.3 is 14.3 Å². The normalized spacial score (nSPS) is 11.1. The maximum atomic E-state index is 8.15. The van der Waals surface area contributed by atoms with E-state index in [4.69, 9.17) is 15.1 Å². The maximum Gasteiger partial charge on any atom is 0.173 e. The monoisotopic (exact) mass is 629 g/mol. The average Bonchev–Trinajstić information content (AvgIpc) is 3.15. The molecule has 4 aromatic rings. The summed E-state index contributed by atoms with van der Waals surface area (Å²) in [6, 6.07) is 14.5. The molecule has 2 N–H and O–H groups in total. The van der Waals surface area contributed by atoms with Crippen molar-refractivity contribution >= 4 is 68.1 Å². The molecule has 0 saturated carbocycles. The molecule has 2 aromatic carbocycles. The van der Waals surface area contributed by atoms with Crippen LogP contribution in [0.1, 0.15) is 5.56 Å². The number of fused-ring (bicyclic) bond motifs is 1. The summed E-state index contributed by atoms with van der Waals surface area (Å²) in [5.41, 5.74) is 2.86. The third-order valence-electron chi connectivity index (χ3n) is 4.40. The molecule has 0 atom stereocenters. The van der Waals surface area contributed by atoms with E-state index in [9.17, 15) is 0 Å². The molecule has 2 aromatic heterocycles. The number of halogens is 2. The first-order valence-electron chi connectivity index (χ1n) is 8.79. The number of aryl methyl sites for hydroxylation is 2. The van der Waals surface area contributed by atoms with Gasteiger partial charge >= 0.3 is 0 Å². The van der Waals surface area contributed by atoms with Gasteiger partial charge in [0.05, 0.1) is 13.4 Å². The van der Waals surface area contributed by atoms with E-state index in [1.807, 2.05) is 22.8 Å². The van der Waals surface area contributed by atoms with Gasteiger partial charge in [-0.15, -0.1) is 0 Å². The molecule has 0 bridgehead atoms. The lowest BCUT2D eigenvalue weighted by Gasteiger charge is -2.07. The molecule has 0 aliphatic heterocycles. The van der Waals surface area contributed by atoms with Crippen LogP contribution in [0, 0.1) is 12.5 Å². The number of nitrogens with one attached hydrogen (secondary N) is 2. The van der Waals surface area contributed by atoms with Gasteiger partial charge in [0.2, 0.25) is 0 Å². The summed E-state index contributed by atoms with van der Waals surface area (Å²) >= 11 is 6.13. The molecule has 4 rings (SSSR count). The van der Waals surface area contributed by atoms with Gasteiger partial charge in [-0.25, -0.2) is 9.97 Å². The Morgan fingerprint density at radius 1 is 1.17 bits per heavy atom. The zero-order chi connectivity index (χ0) is 20.4. The molecule has 2 heterocycles. The molecule has 0 amide bonds. The van der Waals surface area contributed by atoms with Crippen molar-refractivity contribution in [3.63, 3.8) is 0 Å². The average molecular weight is 629 g/mol. The molecule has 29 heavy (non-hydrogen) atoms. The lowest BCUT2D eigenvalue weighted by Crippen LogP contribution is -2.13. The summed E-state index contributed by atoms with van der Waals surface area (Å²) in [4.78, 5) is 13.3. The minimum absolute atomic E-state index is 0.199. The van der Waals surface area contributed by atoms with Crippen molar-refractivity contribution < 1.29 is 4.74 Å². The Bertz CT molecular complexity index is 1220. The highest BCUT2D eigenvalue weighted by atomic mass is 127. The number of nitrogens with zero attached hydrogens (tertiary/aromatic N) is 3. The molecule has 0 aliphatic carbocycles. The third kappa shape index (κ3) is 4.77. The number of aromatic nitrogens is 4. The number of hydrogen-bond acceptors (Lipinski definition) is 5. The molecule has 0 unspecified atom stereocenters. The predicted molar refractivity (Wildman–Crippen MR) is 130 cm³/mol. The third-order valence-corrected chi connectivity index (χ3v) is 7.37. The van der Waals surface area contributed by atoms with Crippen LogP contribution in [0.25, 0.3) is 11.2 Å². The van der Waals surface area contributed by atoms with E-state index in [2.05, 4.69) is 79.4 Å². The summed E-state index contributed by atoms with van der Waals surface area (Å²) in [5, 5.41) is 8.88. The van der Waals surface area contributed by atoms with Gasteiger partial charge in [-0.2, -0.15) is 0 Å². The number of imidazole rings is 1. The predicted octanol–water partition coefficient (Wildman–Crippen LogP) is 4.85. The number of benzene rings is 2. The van der Waals surface area contributed by atoms with E-state index in [1.165, 1.54) is 20.9 Å². The van der Waals surface area contributed by atoms with Crippen LogP contribution >= 0.6 is 56.9 Å². The van der Waals surface area contributed by atoms with Crippen LogP contribution < -0.4 is 10.2 Å². The summed E-state index contributed by atoms with van der Waals surface area (Å²) < 4.78 is 9.68. The summed E-state index contributed by atoms with van der Waals surface area (Å²) in [5.74, 6) is 0.805. The Morgan fingerprint density at radius 2 is 1.97 bits per heavy atom. The second-order valence-electron chi connectivity index (χ2n) is 6.30. The Labute approximate surface area is 199 Å². The molecule has 6 nitrogen and oxygen atoms in total. The maximum absolute atomic E-state index is 8.15. The molecule has 0 spiro atoms. The second kappa shape index (κ2) is 9.04. The highest BCUT2D eigenvalue weighted by Crippen LogP contribution is 2.33. The lowest BCUT2D eigenvalue weighted by molar-refractivity contribution is 0.413. The Balaban J connectivity index is 1.63. The Hall–Kier alpha value is -1.60. The SMILES string of the molecule is COc1ccc(I)c(Sc2nc3c([nH]2)c(=N)ncn3CCc2ccc(I)cc2)c1. The number of methoxy groups -OCH3 is 1. The summed E-state index contributed by atoms with van der Waals surface area (Å²) in [6.45, 7) is 0.746. The van der Waals surface area contributed by atoms with Gasteiger partial charge in [0, 0.05) is 18.6 Å². The van der Waals surface area contributed by atoms with Gasteiger partial charge in [0.1, 0.15) is 11.3 Å². The van der Waals surface area contributed by atoms with E-state index in [0.717, 1.165) is 38.0 Å². The fourth-order valence-corrected chi connectivity index (χ4v) is 4.73. The number of aromatic amines is 1. The molecule has 0 fully saturated rings. The first kappa shape index (κ1) is 20.7. The van der Waals surface area contributed by atoms with Gasteiger partial charge in [-0.3, -0.25) is 5.41 Å². The first-order valence-corrected chi connectivity index (χ1v) is 11.8. The van der Waals surface area contributed by atoms with Crippen LogP contribution in [-0.4, -0.2) is 26.6 Å². The van der Waals surface area contributed by atoms with Gasteiger partial charge in [0.15, 0.2) is 16.3 Å². The van der Waals surface area contributed by atoms with Crippen LogP contribution in [0.5, 0.6) is 5.75 Å². The molecular weight excluding hydrogens is 612 g/mol. The molecule has 0 saturated heterocycles. The van der Waals surface area contributed by atoms with Crippen molar-refractivity contribution in [2.24, 2.45) is 0 Å². The van der Waals surface area contributed by atoms with E-state index in [1.54, 1.807) is 13.4 Å². The lowest BCUT2D eigenvalue weighted by atomic mass is 10.1. The highest BCUT2D eigenvalue weighted by Gasteiger charge is 2.12. The minimum Gasteiger partial charge on any atom is -0.497 e. The Kier molecular flexibility index (Phi) is 6.44. The van der Waals surface area contributed by atoms with Crippen LogP contribution in [0.2, 0.25) is 0 Å². The zero-order valence-corrected chi connectivity index (χ0v) is 20.6. The van der Waals surface area contributed by atoms with E-state index < -0.39 is 0 Å². The standard InChI is InChI=1S/C20H17I2N5OS/c1-28-14-6-7-15(22)16(10-14)29-20-25-17-18(23)24-11-27(19(17)26-20)9-8-12-2-4-13(21)5-3-12/h2-7,10-11,23H,8-9H2,1H3,(H,25,26). The summed E-state index contributed by atoms with van der Waals surface area (Å²) in [6.07, 6.45) is 2.57. The van der Waals surface area contributed by atoms with Gasteiger partial charge in [-0.05, 0) is 87.5 Å². The van der Waals surface area contributed by atoms with Crippen molar-refractivity contribution in [3.05, 3.63) is 67.0 Å². The number of H-pyrrole nitrogens is 1. The minimum atomic E-state index is 0.199. The first-order chi connectivity index (χ1) is 14.0. The van der Waals surface area contributed by atoms with Gasteiger partial charge in [0.25, 0.3) is 0 Å². The second-order valence-corrected chi connectivity index (χ2v) is 9.74. The smallest absolute Gasteiger partial charge is 0.173 e. The van der Waals surface area contributed by atoms with Crippen molar-refractivity contribution in [1.29, 1.82) is 5.41 Å². The van der Waals surface area contributed by atoms with Gasteiger partial charge in [-0.1, -0.05) is 23.9 Å². The largest absolute Gasteiger partial charge is 0.497 e. The fraction of sp³-hybridized carbons (Fsp3) is 0.150. The number of rotatable bonds is 6. The highest BCUT2D eigenvalue weighted by molar-refractivity contribution is 14.1. The molecule has 0 aliphatic rings. The fourth-order valence-electron chi connectivity index (χ4n) is 2.87. The van der Waals surface area contributed by atoms with Crippen LogP contribution in [0.4, 0.5) is 0 Å². The topological polar surface area (TPSA) is 79.6 Å². The van der Waals surface area contributed by atoms with E-state index in [0.29, 0.717) is 5.52 Å². The number of ether oxygens (including phenoxy) is 1. The van der Waals surface area contributed by atoms with E-state index in [-0.39, 0.29) is 5.49 Å². The zero-order valence-electron chi connectivity index (χ0n) is 15.4. The van der Waals surface area contributed by atoms with Crippen molar-refractivity contribution in [3.8, 4) is 5.75 Å². The van der Waals surface area contributed by atoms with Crippen molar-refractivity contribution in [1.82, 2.24) is 19.5 Å². The van der Waals surface area contributed by atoms with Crippen LogP contribution in [0.3, 0.4) is 0 Å². The summed E-state index contributed by atoms with van der Waals surface area (Å²) in [7, 11) is 1.66. The van der Waals surface area contributed by atoms with Crippen molar-refractivity contribution in [2.75, 3.05) is 7.11 Å². The Morgan fingerprint density at radius 3 is 2.72 bits per heavy atom. The molecule has 9 heteroatoms. The quantitative estimate of drug-likeness (QED) is 0.299.